The summed E-state index contributed by atoms with van der Waals surface area (Å²) in [6, 6.07) is 23.8. The molecule has 4 rings (SSSR count). The van der Waals surface area contributed by atoms with Gasteiger partial charge in [-0.3, -0.25) is 4.79 Å². The third-order valence-corrected chi connectivity index (χ3v) is 6.76. The molecule has 8 heteroatoms. The smallest absolute Gasteiger partial charge is 0.252 e. The van der Waals surface area contributed by atoms with Crippen molar-refractivity contribution in [1.29, 1.82) is 0 Å². The summed E-state index contributed by atoms with van der Waals surface area (Å²) < 4.78 is 32.7. The van der Waals surface area contributed by atoms with Crippen molar-refractivity contribution in [2.45, 2.75) is 32.2 Å². The molecule has 2 N–H and O–H groups in total. The molecule has 0 aliphatic carbocycles. The van der Waals surface area contributed by atoms with Crippen LogP contribution in [0.15, 0.2) is 89.5 Å². The Bertz CT molecular complexity index is 1400. The number of carbonyl (C=O) groups excluding carboxylic acids is 1. The highest BCUT2D eigenvalue weighted by atomic mass is 32.2. The topological polar surface area (TPSA) is 101 Å². The van der Waals surface area contributed by atoms with Gasteiger partial charge in [0.25, 0.3) is 5.91 Å². The molecule has 1 heterocycles. The van der Waals surface area contributed by atoms with E-state index < -0.39 is 10.0 Å². The van der Waals surface area contributed by atoms with E-state index in [4.69, 9.17) is 4.42 Å². The molecule has 0 fully saturated rings. The largest absolute Gasteiger partial charge is 0.436 e. The first-order valence-corrected chi connectivity index (χ1v) is 12.9. The van der Waals surface area contributed by atoms with Crippen LogP contribution < -0.4 is 10.0 Å². The highest BCUT2D eigenvalue weighted by molar-refractivity contribution is 7.88. The minimum Gasteiger partial charge on any atom is -0.436 e. The van der Waals surface area contributed by atoms with Crippen molar-refractivity contribution in [2.75, 3.05) is 0 Å². The average molecular weight is 490 g/mol. The molecule has 1 amide bonds. The van der Waals surface area contributed by atoms with E-state index in [0.717, 1.165) is 11.1 Å². The minimum atomic E-state index is -3.39. The molecule has 1 aromatic heterocycles. The van der Waals surface area contributed by atoms with Crippen LogP contribution in [0, 0.1) is 0 Å². The van der Waals surface area contributed by atoms with Crippen LogP contribution in [0.3, 0.4) is 0 Å². The second-order valence-electron chi connectivity index (χ2n) is 8.47. The quantitative estimate of drug-likeness (QED) is 0.353. The number of nitrogens with one attached hydrogen (secondary N) is 2. The lowest BCUT2D eigenvalue weighted by Crippen LogP contribution is -2.31. The number of aromatic nitrogens is 1. The van der Waals surface area contributed by atoms with Crippen LogP contribution >= 0.6 is 0 Å². The van der Waals surface area contributed by atoms with Gasteiger partial charge in [0, 0.05) is 23.7 Å². The second-order valence-corrected chi connectivity index (χ2v) is 10.2. The molecule has 35 heavy (non-hydrogen) atoms. The van der Waals surface area contributed by atoms with E-state index in [-0.39, 0.29) is 17.7 Å². The van der Waals surface area contributed by atoms with Gasteiger partial charge in [0.1, 0.15) is 0 Å². The van der Waals surface area contributed by atoms with Crippen LogP contribution in [-0.2, 0) is 22.3 Å². The fourth-order valence-corrected chi connectivity index (χ4v) is 5.09. The monoisotopic (exact) mass is 489 g/mol. The first-order chi connectivity index (χ1) is 16.8. The van der Waals surface area contributed by atoms with Gasteiger partial charge in [-0.2, -0.15) is 0 Å². The van der Waals surface area contributed by atoms with Gasteiger partial charge in [0.05, 0.1) is 17.5 Å². The summed E-state index contributed by atoms with van der Waals surface area (Å²) >= 11 is 0. The van der Waals surface area contributed by atoms with Crippen LogP contribution in [0.25, 0.3) is 22.8 Å². The molecule has 4 aromatic rings. The Kier molecular flexibility index (Phi) is 7.43. The molecular formula is C27H27N3O4S. The van der Waals surface area contributed by atoms with E-state index in [1.807, 2.05) is 48.5 Å². The Morgan fingerprint density at radius 2 is 1.57 bits per heavy atom. The molecule has 0 saturated heterocycles. The lowest BCUT2D eigenvalue weighted by Gasteiger charge is -2.11. The van der Waals surface area contributed by atoms with Crippen LogP contribution in [0.1, 0.15) is 35.3 Å². The van der Waals surface area contributed by atoms with Crippen molar-refractivity contribution >= 4 is 15.9 Å². The van der Waals surface area contributed by atoms with Gasteiger partial charge >= 0.3 is 0 Å². The maximum absolute atomic E-state index is 13.0. The number of rotatable bonds is 9. The Morgan fingerprint density at radius 1 is 0.914 bits per heavy atom. The minimum absolute atomic E-state index is 0.0910. The number of nitrogens with zero attached hydrogens (tertiary/aromatic N) is 1. The van der Waals surface area contributed by atoms with Crippen LogP contribution in [0.2, 0.25) is 0 Å². The molecule has 0 bridgehead atoms. The molecule has 0 aliphatic heterocycles. The van der Waals surface area contributed by atoms with E-state index in [1.54, 1.807) is 50.4 Å². The molecule has 0 aliphatic rings. The lowest BCUT2D eigenvalue weighted by molar-refractivity contribution is 0.0951. The van der Waals surface area contributed by atoms with Gasteiger partial charge in [-0.1, -0.05) is 66.7 Å². The second kappa shape index (κ2) is 10.7. The number of sulfonamides is 1. The van der Waals surface area contributed by atoms with Crippen molar-refractivity contribution in [3.05, 3.63) is 102 Å². The molecule has 0 unspecified atom stereocenters. The number of carbonyl (C=O) groups is 1. The summed E-state index contributed by atoms with van der Waals surface area (Å²) in [6.07, 6.45) is 1.65. The van der Waals surface area contributed by atoms with E-state index in [2.05, 4.69) is 15.0 Å². The molecule has 0 saturated carbocycles. The van der Waals surface area contributed by atoms with Crippen molar-refractivity contribution < 1.29 is 17.6 Å². The lowest BCUT2D eigenvalue weighted by atomic mass is 10.1. The van der Waals surface area contributed by atoms with E-state index in [1.165, 1.54) is 0 Å². The standard InChI is InChI=1S/C27H27N3O4S/c1-19(2)30-35(32,33)18-21-14-12-20(13-15-21)16-28-26(31)23-10-6-7-11-24(23)27-29-17-25(34-27)22-8-4-3-5-9-22/h3-15,17,19,30H,16,18H2,1-2H3,(H,28,31). The number of hydrogen-bond acceptors (Lipinski definition) is 5. The van der Waals surface area contributed by atoms with Crippen molar-refractivity contribution in [1.82, 2.24) is 15.0 Å². The number of hydrogen-bond donors (Lipinski definition) is 2. The van der Waals surface area contributed by atoms with E-state index in [9.17, 15) is 13.2 Å². The molecule has 7 nitrogen and oxygen atoms in total. The molecule has 0 spiro atoms. The third kappa shape index (κ3) is 6.44. The Labute approximate surface area is 205 Å². The van der Waals surface area contributed by atoms with Crippen molar-refractivity contribution in [3.8, 4) is 22.8 Å². The van der Waals surface area contributed by atoms with Gasteiger partial charge in [-0.25, -0.2) is 18.1 Å². The summed E-state index contributed by atoms with van der Waals surface area (Å²) in [6.45, 7) is 3.86. The zero-order valence-electron chi connectivity index (χ0n) is 19.6. The molecule has 180 valence electrons. The highest BCUT2D eigenvalue weighted by Crippen LogP contribution is 2.28. The van der Waals surface area contributed by atoms with Crippen LogP contribution in [0.5, 0.6) is 0 Å². The summed E-state index contributed by atoms with van der Waals surface area (Å²) in [5, 5.41) is 2.92. The van der Waals surface area contributed by atoms with Gasteiger partial charge < -0.3 is 9.73 Å². The van der Waals surface area contributed by atoms with Crippen LogP contribution in [0.4, 0.5) is 0 Å². The van der Waals surface area contributed by atoms with Gasteiger partial charge in [0.15, 0.2) is 5.76 Å². The average Bonchev–Trinajstić information content (AvgIpc) is 3.33. The molecule has 0 radical (unpaired) electrons. The SMILES string of the molecule is CC(C)NS(=O)(=O)Cc1ccc(CNC(=O)c2ccccc2-c2ncc(-c3ccccc3)o2)cc1. The van der Waals surface area contributed by atoms with Crippen molar-refractivity contribution in [3.63, 3.8) is 0 Å². The third-order valence-electron chi connectivity index (χ3n) is 5.21. The summed E-state index contributed by atoms with van der Waals surface area (Å²) in [5.74, 6) is 0.649. The fourth-order valence-electron chi connectivity index (χ4n) is 3.65. The van der Waals surface area contributed by atoms with Crippen LogP contribution in [-0.4, -0.2) is 25.4 Å². The first-order valence-electron chi connectivity index (χ1n) is 11.3. The maximum Gasteiger partial charge on any atom is 0.252 e. The number of oxazole rings is 1. The van der Waals surface area contributed by atoms with E-state index in [0.29, 0.717) is 34.9 Å². The molecule has 0 atom stereocenters. The summed E-state index contributed by atoms with van der Waals surface area (Å²) in [7, 11) is -3.39. The Morgan fingerprint density at radius 3 is 2.29 bits per heavy atom. The first kappa shape index (κ1) is 24.4. The highest BCUT2D eigenvalue weighted by Gasteiger charge is 2.17. The van der Waals surface area contributed by atoms with Gasteiger partial charge in [-0.15, -0.1) is 0 Å². The Balaban J connectivity index is 1.43. The predicted octanol–water partition coefficient (Wildman–Crippen LogP) is 4.77. The zero-order chi connectivity index (χ0) is 24.8. The molecular weight excluding hydrogens is 462 g/mol. The van der Waals surface area contributed by atoms with Crippen molar-refractivity contribution in [2.24, 2.45) is 0 Å². The fraction of sp³-hybridized carbons (Fsp3) is 0.185. The molecule has 3 aromatic carbocycles. The summed E-state index contributed by atoms with van der Waals surface area (Å²) in [4.78, 5) is 17.4. The zero-order valence-corrected chi connectivity index (χ0v) is 20.4. The number of amides is 1. The number of benzene rings is 3. The predicted molar refractivity (Wildman–Crippen MR) is 136 cm³/mol. The van der Waals surface area contributed by atoms with Gasteiger partial charge in [0.2, 0.25) is 15.9 Å². The normalized spacial score (nSPS) is 11.5. The summed E-state index contributed by atoms with van der Waals surface area (Å²) in [5.41, 5.74) is 3.50. The van der Waals surface area contributed by atoms with Gasteiger partial charge in [-0.05, 0) is 37.1 Å². The maximum atomic E-state index is 13.0. The Hall–Kier alpha value is -3.75. The van der Waals surface area contributed by atoms with E-state index >= 15 is 0 Å².